The molecule has 1 amide bonds. The van der Waals surface area contributed by atoms with Crippen LogP contribution in [0.2, 0.25) is 5.15 Å². The van der Waals surface area contributed by atoms with Crippen LogP contribution in [-0.2, 0) is 11.0 Å². The Morgan fingerprint density at radius 3 is 2.27 bits per heavy atom. The van der Waals surface area contributed by atoms with E-state index in [9.17, 15) is 22.8 Å². The van der Waals surface area contributed by atoms with Gasteiger partial charge >= 0.3 is 6.18 Å². The Labute approximate surface area is 127 Å². The molecule has 8 heteroatoms. The minimum atomic E-state index is -4.51. The van der Waals surface area contributed by atoms with Gasteiger partial charge in [-0.1, -0.05) is 23.7 Å². The summed E-state index contributed by atoms with van der Waals surface area (Å²) in [7, 11) is 0. The SMILES string of the molecule is O=C(Nc1cccnc1Cl)C(=O)c1ccc(C(F)(F)F)cc1. The Hall–Kier alpha value is -2.41. The zero-order valence-electron chi connectivity index (χ0n) is 10.8. The number of rotatable bonds is 3. The number of hydrogen-bond acceptors (Lipinski definition) is 3. The summed E-state index contributed by atoms with van der Waals surface area (Å²) in [5.74, 6) is -2.00. The highest BCUT2D eigenvalue weighted by Gasteiger charge is 2.30. The third-order valence-electron chi connectivity index (χ3n) is 2.69. The van der Waals surface area contributed by atoms with Crippen LogP contribution in [0.1, 0.15) is 15.9 Å². The molecule has 0 aliphatic heterocycles. The Morgan fingerprint density at radius 1 is 1.09 bits per heavy atom. The average Bonchev–Trinajstić information content (AvgIpc) is 2.48. The Bertz CT molecular complexity index is 715. The number of nitrogens with zero attached hydrogens (tertiary/aromatic N) is 1. The van der Waals surface area contributed by atoms with Gasteiger partial charge in [-0.3, -0.25) is 9.59 Å². The third kappa shape index (κ3) is 3.62. The van der Waals surface area contributed by atoms with E-state index in [4.69, 9.17) is 11.6 Å². The van der Waals surface area contributed by atoms with Crippen molar-refractivity contribution in [3.63, 3.8) is 0 Å². The molecular weight excluding hydrogens is 321 g/mol. The van der Waals surface area contributed by atoms with E-state index < -0.39 is 23.4 Å². The number of hydrogen-bond donors (Lipinski definition) is 1. The van der Waals surface area contributed by atoms with E-state index in [-0.39, 0.29) is 16.4 Å². The van der Waals surface area contributed by atoms with Crippen LogP contribution in [0.4, 0.5) is 18.9 Å². The van der Waals surface area contributed by atoms with Crippen LogP contribution in [0.15, 0.2) is 42.6 Å². The van der Waals surface area contributed by atoms with Crippen molar-refractivity contribution in [1.29, 1.82) is 0 Å². The summed E-state index contributed by atoms with van der Waals surface area (Å²) in [6.07, 6.45) is -3.11. The Kier molecular flexibility index (Phi) is 4.46. The number of alkyl halides is 3. The predicted molar refractivity (Wildman–Crippen MR) is 73.7 cm³/mol. The van der Waals surface area contributed by atoms with Crippen molar-refractivity contribution in [2.24, 2.45) is 0 Å². The molecule has 0 atom stereocenters. The molecular formula is C14H8ClF3N2O2. The minimum absolute atomic E-state index is 0.00364. The molecule has 2 rings (SSSR count). The fourth-order valence-electron chi connectivity index (χ4n) is 1.60. The molecule has 22 heavy (non-hydrogen) atoms. The van der Waals surface area contributed by atoms with Crippen LogP contribution >= 0.6 is 11.6 Å². The van der Waals surface area contributed by atoms with Crippen LogP contribution in [0.3, 0.4) is 0 Å². The van der Waals surface area contributed by atoms with Gasteiger partial charge in [0.1, 0.15) is 0 Å². The Morgan fingerprint density at radius 2 is 1.73 bits per heavy atom. The second kappa shape index (κ2) is 6.15. The van der Waals surface area contributed by atoms with Crippen molar-refractivity contribution >= 4 is 29.0 Å². The Balaban J connectivity index is 2.14. The smallest absolute Gasteiger partial charge is 0.316 e. The van der Waals surface area contributed by atoms with Crippen molar-refractivity contribution in [2.45, 2.75) is 6.18 Å². The standard InChI is InChI=1S/C14H8ClF3N2O2/c15-12-10(2-1-7-19-12)20-13(22)11(21)8-3-5-9(6-4-8)14(16,17)18/h1-7H,(H,20,22). The normalized spacial score (nSPS) is 11.1. The first-order valence-electron chi connectivity index (χ1n) is 5.92. The summed E-state index contributed by atoms with van der Waals surface area (Å²) < 4.78 is 37.3. The van der Waals surface area contributed by atoms with Gasteiger partial charge in [0.15, 0.2) is 5.15 Å². The first-order valence-corrected chi connectivity index (χ1v) is 6.30. The number of ketones is 1. The molecule has 0 saturated heterocycles. The number of carbonyl (C=O) groups is 2. The summed E-state index contributed by atoms with van der Waals surface area (Å²) in [4.78, 5) is 27.4. The minimum Gasteiger partial charge on any atom is -0.316 e. The van der Waals surface area contributed by atoms with Gasteiger partial charge in [-0.2, -0.15) is 13.2 Å². The largest absolute Gasteiger partial charge is 0.416 e. The summed E-state index contributed by atoms with van der Waals surface area (Å²) in [6.45, 7) is 0. The number of aromatic nitrogens is 1. The highest BCUT2D eigenvalue weighted by molar-refractivity contribution is 6.47. The molecule has 0 fully saturated rings. The van der Waals surface area contributed by atoms with Crippen molar-refractivity contribution in [2.75, 3.05) is 5.32 Å². The monoisotopic (exact) mass is 328 g/mol. The molecule has 0 saturated carbocycles. The maximum atomic E-state index is 12.4. The molecule has 0 radical (unpaired) electrons. The van der Waals surface area contributed by atoms with E-state index in [0.29, 0.717) is 0 Å². The first-order chi connectivity index (χ1) is 10.3. The van der Waals surface area contributed by atoms with Crippen molar-refractivity contribution in [3.05, 3.63) is 58.9 Å². The number of amides is 1. The summed E-state index contributed by atoms with van der Waals surface area (Å²) in [5.41, 5.74) is -0.931. The number of pyridine rings is 1. The van der Waals surface area contributed by atoms with Crippen LogP contribution in [0, 0.1) is 0 Å². The lowest BCUT2D eigenvalue weighted by Crippen LogP contribution is -2.23. The van der Waals surface area contributed by atoms with E-state index in [2.05, 4.69) is 10.3 Å². The van der Waals surface area contributed by atoms with E-state index >= 15 is 0 Å². The lowest BCUT2D eigenvalue weighted by molar-refractivity contribution is -0.137. The zero-order chi connectivity index (χ0) is 16.3. The maximum absolute atomic E-state index is 12.4. The number of halogens is 4. The highest BCUT2D eigenvalue weighted by Crippen LogP contribution is 2.29. The number of benzene rings is 1. The van der Waals surface area contributed by atoms with Gasteiger partial charge in [0.05, 0.1) is 11.3 Å². The molecule has 0 bridgehead atoms. The van der Waals surface area contributed by atoms with Crippen molar-refractivity contribution < 1.29 is 22.8 Å². The lowest BCUT2D eigenvalue weighted by atomic mass is 10.1. The fourth-order valence-corrected chi connectivity index (χ4v) is 1.77. The van der Waals surface area contributed by atoms with Crippen LogP contribution in [-0.4, -0.2) is 16.7 Å². The van der Waals surface area contributed by atoms with E-state index in [1.54, 1.807) is 0 Å². The van der Waals surface area contributed by atoms with E-state index in [0.717, 1.165) is 24.3 Å². The highest BCUT2D eigenvalue weighted by atomic mass is 35.5. The molecule has 0 spiro atoms. The van der Waals surface area contributed by atoms with Gasteiger partial charge in [-0.15, -0.1) is 0 Å². The van der Waals surface area contributed by atoms with Crippen LogP contribution in [0.5, 0.6) is 0 Å². The van der Waals surface area contributed by atoms with Gasteiger partial charge in [0, 0.05) is 11.8 Å². The third-order valence-corrected chi connectivity index (χ3v) is 2.99. The molecule has 114 valence electrons. The summed E-state index contributed by atoms with van der Waals surface area (Å²) in [5, 5.41) is 2.24. The predicted octanol–water partition coefficient (Wildman–Crippen LogP) is 3.58. The number of Topliss-reactive ketones (excluding diaryl/α,β-unsaturated/α-hetero) is 1. The average molecular weight is 329 g/mol. The van der Waals surface area contributed by atoms with E-state index in [1.165, 1.54) is 18.3 Å². The summed E-state index contributed by atoms with van der Waals surface area (Å²) in [6, 6.07) is 6.29. The molecule has 0 aliphatic carbocycles. The molecule has 4 nitrogen and oxygen atoms in total. The second-order valence-electron chi connectivity index (χ2n) is 4.20. The summed E-state index contributed by atoms with van der Waals surface area (Å²) >= 11 is 5.73. The molecule has 0 unspecified atom stereocenters. The van der Waals surface area contributed by atoms with Crippen LogP contribution < -0.4 is 5.32 Å². The fraction of sp³-hybridized carbons (Fsp3) is 0.0714. The van der Waals surface area contributed by atoms with Crippen molar-refractivity contribution in [3.8, 4) is 0 Å². The second-order valence-corrected chi connectivity index (χ2v) is 4.56. The number of anilines is 1. The van der Waals surface area contributed by atoms with Crippen molar-refractivity contribution in [1.82, 2.24) is 4.98 Å². The van der Waals surface area contributed by atoms with Gasteiger partial charge in [0.25, 0.3) is 11.7 Å². The lowest BCUT2D eigenvalue weighted by Gasteiger charge is -2.08. The van der Waals surface area contributed by atoms with Gasteiger partial charge in [-0.25, -0.2) is 4.98 Å². The molecule has 2 aromatic rings. The quantitative estimate of drug-likeness (QED) is 0.532. The van der Waals surface area contributed by atoms with E-state index in [1.807, 2.05) is 0 Å². The van der Waals surface area contributed by atoms with Gasteiger partial charge in [-0.05, 0) is 24.3 Å². The first kappa shape index (κ1) is 16.0. The molecule has 1 N–H and O–H groups in total. The van der Waals surface area contributed by atoms with Crippen LogP contribution in [0.25, 0.3) is 0 Å². The maximum Gasteiger partial charge on any atom is 0.416 e. The molecule has 0 aliphatic rings. The molecule has 1 heterocycles. The molecule has 1 aromatic heterocycles. The van der Waals surface area contributed by atoms with Gasteiger partial charge < -0.3 is 5.32 Å². The topological polar surface area (TPSA) is 59.1 Å². The zero-order valence-corrected chi connectivity index (χ0v) is 11.6. The number of carbonyl (C=O) groups excluding carboxylic acids is 2. The number of nitrogens with one attached hydrogen (secondary N) is 1. The van der Waals surface area contributed by atoms with Gasteiger partial charge in [0.2, 0.25) is 0 Å². The molecule has 1 aromatic carbocycles.